The molecule has 12 nitrogen and oxygen atoms in total. The van der Waals surface area contributed by atoms with Gasteiger partial charge in [-0.25, -0.2) is 4.79 Å². The molecule has 1 aliphatic carbocycles. The number of fused-ring (bicyclic) bond motifs is 1. The van der Waals surface area contributed by atoms with Crippen molar-refractivity contribution in [1.82, 2.24) is 9.80 Å². The molecule has 4 aromatic rings. The third-order valence-electron chi connectivity index (χ3n) is 10.9. The standard InChI is InChI=1S/C46H54N4O8S/c1-4-58-41(52)23-22-40(51)49(2)25-26-50(37-24-27-57-30-37)29-33-8-7-9-35(28-33)43(53)48-45-42(38-10-5-6-11-39(38)59-45)44(54)47-36-20-16-32(17-21-36)13-12-31-14-18-34(19-15-31)46(55)56-3/h7-9,14-21,28,37H,4-6,10-13,22-27,29-30H2,1-3H3,(H,47,54)(H,48,53)/t37-/m0/s1. The predicted octanol–water partition coefficient (Wildman–Crippen LogP) is 7.10. The fourth-order valence-electron chi connectivity index (χ4n) is 7.51. The van der Waals surface area contributed by atoms with Crippen molar-refractivity contribution < 1.29 is 38.2 Å². The zero-order chi connectivity index (χ0) is 41.7. The number of nitrogens with one attached hydrogen (secondary N) is 2. The molecule has 1 aromatic heterocycles. The van der Waals surface area contributed by atoms with Crippen LogP contribution in [0.25, 0.3) is 0 Å². The minimum absolute atomic E-state index is 0.0563. The Kier molecular flexibility index (Phi) is 15.4. The van der Waals surface area contributed by atoms with E-state index in [4.69, 9.17) is 14.2 Å². The fraction of sp³-hybridized carbons (Fsp3) is 0.413. The number of aryl methyl sites for hydroxylation is 3. The second-order valence-corrected chi connectivity index (χ2v) is 16.1. The highest BCUT2D eigenvalue weighted by atomic mass is 32.1. The Balaban J connectivity index is 1.09. The summed E-state index contributed by atoms with van der Waals surface area (Å²) in [6.07, 6.45) is 6.31. The van der Waals surface area contributed by atoms with Crippen LogP contribution < -0.4 is 10.6 Å². The first-order chi connectivity index (χ1) is 28.6. The number of thiophene rings is 1. The summed E-state index contributed by atoms with van der Waals surface area (Å²) < 4.78 is 15.5. The van der Waals surface area contributed by atoms with Gasteiger partial charge in [0.2, 0.25) is 5.91 Å². The summed E-state index contributed by atoms with van der Waals surface area (Å²) in [7, 11) is 3.11. The van der Waals surface area contributed by atoms with Gasteiger partial charge >= 0.3 is 11.9 Å². The Morgan fingerprint density at radius 2 is 1.56 bits per heavy atom. The van der Waals surface area contributed by atoms with Gasteiger partial charge in [-0.05, 0) is 111 Å². The number of hydrogen-bond donors (Lipinski definition) is 2. The highest BCUT2D eigenvalue weighted by molar-refractivity contribution is 7.17. The van der Waals surface area contributed by atoms with Crippen LogP contribution in [0.4, 0.5) is 10.7 Å². The minimum Gasteiger partial charge on any atom is -0.466 e. The SMILES string of the molecule is CCOC(=O)CCC(=O)N(C)CCN(Cc1cccc(C(=O)Nc2sc3c(c2C(=O)Nc2ccc(CCc4ccc(C(=O)OC)cc4)cc2)CCCC3)c1)[C@H]1CCOC1. The second-order valence-electron chi connectivity index (χ2n) is 15.0. The summed E-state index contributed by atoms with van der Waals surface area (Å²) in [5.74, 6) is -1.38. The van der Waals surface area contributed by atoms with Crippen LogP contribution in [0.5, 0.6) is 0 Å². The maximum absolute atomic E-state index is 14.0. The molecule has 59 heavy (non-hydrogen) atoms. The highest BCUT2D eigenvalue weighted by Gasteiger charge is 2.28. The molecule has 1 fully saturated rings. The monoisotopic (exact) mass is 822 g/mol. The molecule has 2 heterocycles. The Bertz CT molecular complexity index is 2090. The molecular weight excluding hydrogens is 769 g/mol. The molecular formula is C46H54N4O8S. The molecule has 0 bridgehead atoms. The largest absolute Gasteiger partial charge is 0.466 e. The van der Waals surface area contributed by atoms with Crippen LogP contribution in [-0.4, -0.2) is 92.6 Å². The number of hydrogen-bond acceptors (Lipinski definition) is 10. The van der Waals surface area contributed by atoms with Gasteiger partial charge in [0, 0.05) is 61.9 Å². The lowest BCUT2D eigenvalue weighted by Gasteiger charge is -2.30. The zero-order valence-corrected chi connectivity index (χ0v) is 35.0. The average Bonchev–Trinajstić information content (AvgIpc) is 3.93. The fourth-order valence-corrected chi connectivity index (χ4v) is 8.80. The lowest BCUT2D eigenvalue weighted by atomic mass is 9.95. The number of anilines is 2. The average molecular weight is 823 g/mol. The van der Waals surface area contributed by atoms with Gasteiger partial charge in [0.25, 0.3) is 11.8 Å². The van der Waals surface area contributed by atoms with Crippen molar-refractivity contribution in [3.63, 3.8) is 0 Å². The molecule has 3 aromatic carbocycles. The maximum atomic E-state index is 14.0. The number of carbonyl (C=O) groups is 5. The Labute approximate surface area is 350 Å². The molecule has 0 radical (unpaired) electrons. The molecule has 312 valence electrons. The van der Waals surface area contributed by atoms with E-state index in [1.165, 1.54) is 18.4 Å². The van der Waals surface area contributed by atoms with E-state index in [0.29, 0.717) is 60.2 Å². The molecule has 13 heteroatoms. The van der Waals surface area contributed by atoms with Crippen LogP contribution in [0.2, 0.25) is 0 Å². The van der Waals surface area contributed by atoms with E-state index in [2.05, 4.69) is 15.5 Å². The lowest BCUT2D eigenvalue weighted by molar-refractivity contribution is -0.145. The van der Waals surface area contributed by atoms with Gasteiger partial charge in [-0.15, -0.1) is 11.3 Å². The van der Waals surface area contributed by atoms with Crippen LogP contribution in [0.15, 0.2) is 72.8 Å². The summed E-state index contributed by atoms with van der Waals surface area (Å²) in [4.78, 5) is 69.2. The van der Waals surface area contributed by atoms with Crippen molar-refractivity contribution >= 4 is 51.7 Å². The van der Waals surface area contributed by atoms with Crippen LogP contribution in [0, 0.1) is 0 Å². The zero-order valence-electron chi connectivity index (χ0n) is 34.2. The van der Waals surface area contributed by atoms with Gasteiger partial charge in [0.15, 0.2) is 0 Å². The van der Waals surface area contributed by atoms with Crippen molar-refractivity contribution in [2.24, 2.45) is 0 Å². The number of benzene rings is 3. The number of rotatable bonds is 18. The molecule has 0 unspecified atom stereocenters. The van der Waals surface area contributed by atoms with Crippen molar-refractivity contribution in [2.45, 2.75) is 77.3 Å². The van der Waals surface area contributed by atoms with Gasteiger partial charge in [-0.1, -0.05) is 36.4 Å². The van der Waals surface area contributed by atoms with Gasteiger partial charge in [-0.3, -0.25) is 24.1 Å². The summed E-state index contributed by atoms with van der Waals surface area (Å²) in [5, 5.41) is 6.74. The Morgan fingerprint density at radius 1 is 0.831 bits per heavy atom. The third-order valence-corrected chi connectivity index (χ3v) is 12.1. The minimum atomic E-state index is -0.376. The molecule has 0 saturated carbocycles. The van der Waals surface area contributed by atoms with Gasteiger partial charge in [-0.2, -0.15) is 0 Å². The van der Waals surface area contributed by atoms with Crippen molar-refractivity contribution in [3.8, 4) is 0 Å². The van der Waals surface area contributed by atoms with E-state index >= 15 is 0 Å². The molecule has 2 N–H and O–H groups in total. The summed E-state index contributed by atoms with van der Waals surface area (Å²) in [6.45, 7) is 4.93. The quantitative estimate of drug-likeness (QED) is 0.101. The van der Waals surface area contributed by atoms with Crippen LogP contribution >= 0.6 is 11.3 Å². The van der Waals surface area contributed by atoms with Crippen LogP contribution in [0.1, 0.15) is 97.2 Å². The van der Waals surface area contributed by atoms with Crippen LogP contribution in [-0.2, 0) is 56.0 Å². The summed E-state index contributed by atoms with van der Waals surface area (Å²) >= 11 is 1.49. The number of likely N-dealkylation sites (N-methyl/N-ethyl adjacent to an activating group) is 1. The van der Waals surface area contributed by atoms with Crippen LogP contribution in [0.3, 0.4) is 0 Å². The van der Waals surface area contributed by atoms with Gasteiger partial charge in [0.1, 0.15) is 5.00 Å². The number of methoxy groups -OCH3 is 1. The van der Waals surface area contributed by atoms with E-state index in [1.54, 1.807) is 37.1 Å². The molecule has 1 atom stereocenters. The normalized spacial score (nSPS) is 14.7. The molecule has 3 amide bonds. The number of esters is 2. The van der Waals surface area contributed by atoms with Gasteiger partial charge < -0.3 is 29.7 Å². The third kappa shape index (κ3) is 11.9. The van der Waals surface area contributed by atoms with Crippen molar-refractivity contribution in [1.29, 1.82) is 0 Å². The van der Waals surface area contributed by atoms with E-state index < -0.39 is 0 Å². The van der Waals surface area contributed by atoms with E-state index in [9.17, 15) is 24.0 Å². The molecule has 2 aliphatic rings. The molecule has 1 aliphatic heterocycles. The first kappa shape index (κ1) is 43.2. The number of ether oxygens (including phenoxy) is 3. The number of nitrogens with zero attached hydrogens (tertiary/aromatic N) is 2. The lowest BCUT2D eigenvalue weighted by Crippen LogP contribution is -2.41. The molecule has 0 spiro atoms. The first-order valence-electron chi connectivity index (χ1n) is 20.5. The Morgan fingerprint density at radius 3 is 2.25 bits per heavy atom. The smallest absolute Gasteiger partial charge is 0.337 e. The van der Waals surface area contributed by atoms with E-state index in [1.807, 2.05) is 54.6 Å². The first-order valence-corrected chi connectivity index (χ1v) is 21.3. The predicted molar refractivity (Wildman–Crippen MR) is 228 cm³/mol. The van der Waals surface area contributed by atoms with Crippen molar-refractivity contribution in [2.75, 3.05) is 57.7 Å². The Hall–Kier alpha value is -5.37. The van der Waals surface area contributed by atoms with E-state index in [-0.39, 0.29) is 55.2 Å². The second kappa shape index (κ2) is 21.1. The topological polar surface area (TPSA) is 144 Å². The van der Waals surface area contributed by atoms with Crippen molar-refractivity contribution in [3.05, 3.63) is 117 Å². The van der Waals surface area contributed by atoms with Gasteiger partial charge in [0.05, 0.1) is 37.9 Å². The summed E-state index contributed by atoms with van der Waals surface area (Å²) in [6, 6.07) is 22.9. The number of amides is 3. The maximum Gasteiger partial charge on any atom is 0.337 e. The molecule has 6 rings (SSSR count). The highest BCUT2D eigenvalue weighted by Crippen LogP contribution is 2.39. The van der Waals surface area contributed by atoms with E-state index in [0.717, 1.165) is 72.1 Å². The molecule has 1 saturated heterocycles. The summed E-state index contributed by atoms with van der Waals surface area (Å²) in [5.41, 5.74) is 6.40. The number of carbonyl (C=O) groups excluding carboxylic acids is 5.